The van der Waals surface area contributed by atoms with Crippen molar-refractivity contribution in [2.45, 2.75) is 19.4 Å². The van der Waals surface area contributed by atoms with Gasteiger partial charge in [0.1, 0.15) is 0 Å². The molecule has 124 valence electrons. The molecule has 0 spiro atoms. The molecule has 0 amide bonds. The van der Waals surface area contributed by atoms with Crippen molar-refractivity contribution in [3.8, 4) is 0 Å². The molecule has 1 aliphatic rings. The highest BCUT2D eigenvalue weighted by Gasteiger charge is 2.42. The third-order valence-corrected chi connectivity index (χ3v) is 5.83. The Morgan fingerprint density at radius 2 is 1.88 bits per heavy atom. The predicted molar refractivity (Wildman–Crippen MR) is 95.0 cm³/mol. The minimum Gasteiger partial charge on any atom is -0.319 e. The molecule has 4 nitrogen and oxygen atoms in total. The summed E-state index contributed by atoms with van der Waals surface area (Å²) in [6, 6.07) is 12.4. The number of hydrogen-bond donors (Lipinski definition) is 1. The van der Waals surface area contributed by atoms with Gasteiger partial charge in [0.25, 0.3) is 5.52 Å². The molecule has 2 aromatic carbocycles. The van der Waals surface area contributed by atoms with Crippen molar-refractivity contribution >= 4 is 23.9 Å². The molecule has 3 atom stereocenters. The summed E-state index contributed by atoms with van der Waals surface area (Å²) < 4.78 is 18.2. The summed E-state index contributed by atoms with van der Waals surface area (Å²) in [6.45, 7) is 3.58. The molecule has 1 N–H and O–H groups in total. The quantitative estimate of drug-likeness (QED) is 0.818. The van der Waals surface area contributed by atoms with E-state index in [2.05, 4.69) is 0 Å². The second-order valence-electron chi connectivity index (χ2n) is 6.16. The van der Waals surface area contributed by atoms with Gasteiger partial charge in [0.15, 0.2) is 0 Å². The van der Waals surface area contributed by atoms with Crippen LogP contribution in [0.15, 0.2) is 66.8 Å². The maximum absolute atomic E-state index is 12.7. The van der Waals surface area contributed by atoms with E-state index in [1.807, 2.05) is 37.3 Å². The first-order valence-electron chi connectivity index (χ1n) is 7.76. The smallest absolute Gasteiger partial charge is 0.319 e. The number of hydrogen-bond acceptors (Lipinski definition) is 3. The summed E-state index contributed by atoms with van der Waals surface area (Å²) >= 11 is 0. The number of fused-ring (bicyclic) bond motifs is 1. The van der Waals surface area contributed by atoms with Crippen molar-refractivity contribution in [3.05, 3.63) is 72.3 Å². The molecule has 5 heteroatoms. The molecule has 0 aromatic heterocycles. The van der Waals surface area contributed by atoms with E-state index in [1.54, 1.807) is 43.3 Å². The SMILES string of the molecule is CC1C=CC=CC1(C)OP(=O)(O)C(=O)c1cccc2ccccc12. The number of carbonyl (C=O) groups excluding carboxylic acids is 1. The highest BCUT2D eigenvalue weighted by atomic mass is 31.2. The summed E-state index contributed by atoms with van der Waals surface area (Å²) in [4.78, 5) is 23.1. The molecule has 0 saturated heterocycles. The van der Waals surface area contributed by atoms with Crippen LogP contribution >= 0.6 is 7.60 Å². The molecule has 0 heterocycles. The number of benzene rings is 2. The van der Waals surface area contributed by atoms with Gasteiger partial charge in [0, 0.05) is 11.5 Å². The Labute approximate surface area is 141 Å². The maximum atomic E-state index is 12.7. The van der Waals surface area contributed by atoms with Crippen LogP contribution in [-0.2, 0) is 9.09 Å². The summed E-state index contributed by atoms with van der Waals surface area (Å²) in [5.41, 5.74) is -1.68. The lowest BCUT2D eigenvalue weighted by Gasteiger charge is -2.33. The Morgan fingerprint density at radius 1 is 1.17 bits per heavy atom. The second kappa shape index (κ2) is 6.14. The van der Waals surface area contributed by atoms with Crippen LogP contribution in [0.3, 0.4) is 0 Å². The van der Waals surface area contributed by atoms with Gasteiger partial charge in [-0.3, -0.25) is 13.9 Å². The van der Waals surface area contributed by atoms with Crippen molar-refractivity contribution in [3.63, 3.8) is 0 Å². The highest BCUT2D eigenvalue weighted by Crippen LogP contribution is 2.52. The first kappa shape index (κ1) is 16.8. The van der Waals surface area contributed by atoms with Crippen molar-refractivity contribution in [2.24, 2.45) is 5.92 Å². The zero-order chi connectivity index (χ0) is 17.4. The molecule has 3 rings (SSSR count). The van der Waals surface area contributed by atoms with Crippen molar-refractivity contribution in [2.75, 3.05) is 0 Å². The number of rotatable bonds is 4. The van der Waals surface area contributed by atoms with Gasteiger partial charge >= 0.3 is 7.60 Å². The van der Waals surface area contributed by atoms with Crippen molar-refractivity contribution in [1.29, 1.82) is 0 Å². The van der Waals surface area contributed by atoms with E-state index in [9.17, 15) is 14.3 Å². The Balaban J connectivity index is 1.97. The molecular weight excluding hydrogens is 323 g/mol. The minimum atomic E-state index is -4.51. The van der Waals surface area contributed by atoms with E-state index in [0.717, 1.165) is 5.39 Å². The number of allylic oxidation sites excluding steroid dienone is 2. The van der Waals surface area contributed by atoms with Crippen LogP contribution in [0, 0.1) is 5.92 Å². The minimum absolute atomic E-state index is 0.122. The van der Waals surface area contributed by atoms with Crippen LogP contribution < -0.4 is 0 Å². The molecule has 3 unspecified atom stereocenters. The van der Waals surface area contributed by atoms with Crippen LogP contribution in [0.25, 0.3) is 10.8 Å². The predicted octanol–water partition coefficient (Wildman–Crippen LogP) is 4.70. The van der Waals surface area contributed by atoms with Crippen molar-refractivity contribution < 1.29 is 18.8 Å². The van der Waals surface area contributed by atoms with Crippen LogP contribution in [0.4, 0.5) is 0 Å². The first-order valence-corrected chi connectivity index (χ1v) is 9.33. The highest BCUT2D eigenvalue weighted by molar-refractivity contribution is 7.71. The molecule has 0 fully saturated rings. The molecule has 0 saturated carbocycles. The zero-order valence-electron chi connectivity index (χ0n) is 13.5. The molecule has 24 heavy (non-hydrogen) atoms. The van der Waals surface area contributed by atoms with E-state index < -0.39 is 18.7 Å². The van der Waals surface area contributed by atoms with Gasteiger partial charge in [0.05, 0.1) is 5.60 Å². The third-order valence-electron chi connectivity index (χ3n) is 4.44. The maximum Gasteiger partial charge on any atom is 0.399 e. The lowest BCUT2D eigenvalue weighted by molar-refractivity contribution is 0.0741. The van der Waals surface area contributed by atoms with E-state index >= 15 is 0 Å². The molecule has 2 aromatic rings. The normalized spacial score (nSPS) is 25.5. The van der Waals surface area contributed by atoms with Gasteiger partial charge in [0.2, 0.25) is 0 Å². The Hall–Kier alpha value is -2.00. The summed E-state index contributed by atoms with van der Waals surface area (Å²) in [7, 11) is -4.51. The average molecular weight is 342 g/mol. The number of carbonyl (C=O) groups is 1. The summed E-state index contributed by atoms with van der Waals surface area (Å²) in [6.07, 6.45) is 7.19. The van der Waals surface area contributed by atoms with E-state index in [-0.39, 0.29) is 11.5 Å². The van der Waals surface area contributed by atoms with Gasteiger partial charge in [-0.25, -0.2) is 0 Å². The fourth-order valence-corrected chi connectivity index (χ4v) is 4.15. The van der Waals surface area contributed by atoms with E-state index in [4.69, 9.17) is 4.52 Å². The van der Waals surface area contributed by atoms with Crippen LogP contribution in [0.1, 0.15) is 24.2 Å². The Bertz CT molecular complexity index is 894. The van der Waals surface area contributed by atoms with Gasteiger partial charge in [-0.2, -0.15) is 0 Å². The van der Waals surface area contributed by atoms with Crippen molar-refractivity contribution in [1.82, 2.24) is 0 Å². The molecule has 0 aliphatic heterocycles. The topological polar surface area (TPSA) is 63.6 Å². The molecule has 0 radical (unpaired) electrons. The molecule has 0 bridgehead atoms. The Morgan fingerprint density at radius 3 is 2.62 bits per heavy atom. The largest absolute Gasteiger partial charge is 0.399 e. The van der Waals surface area contributed by atoms with Gasteiger partial charge in [-0.1, -0.05) is 73.7 Å². The van der Waals surface area contributed by atoms with Gasteiger partial charge in [-0.15, -0.1) is 0 Å². The van der Waals surface area contributed by atoms with Gasteiger partial charge < -0.3 is 4.89 Å². The Kier molecular flexibility index (Phi) is 4.31. The summed E-state index contributed by atoms with van der Waals surface area (Å²) in [5, 5.41) is 1.48. The van der Waals surface area contributed by atoms with Crippen LogP contribution in [0.2, 0.25) is 0 Å². The molecule has 1 aliphatic carbocycles. The fraction of sp³-hybridized carbons (Fsp3) is 0.211. The first-order chi connectivity index (χ1) is 11.3. The zero-order valence-corrected chi connectivity index (χ0v) is 14.4. The van der Waals surface area contributed by atoms with E-state index in [0.29, 0.717) is 5.39 Å². The monoisotopic (exact) mass is 342 g/mol. The van der Waals surface area contributed by atoms with Crippen LogP contribution in [0.5, 0.6) is 0 Å². The summed E-state index contributed by atoms with van der Waals surface area (Å²) in [5.74, 6) is -0.122. The standard InChI is InChI=1S/C19H19O4P/c1-14-8-5-6-13-19(14,2)23-24(21,22)18(20)17-12-7-10-15-9-3-4-11-16(15)17/h3-14H,1-2H3,(H,21,22). The fourth-order valence-electron chi connectivity index (χ4n) is 2.81. The van der Waals surface area contributed by atoms with E-state index in [1.165, 1.54) is 0 Å². The molecular formula is C19H19O4P. The van der Waals surface area contributed by atoms with Crippen LogP contribution in [-0.4, -0.2) is 16.0 Å². The third kappa shape index (κ3) is 3.01. The second-order valence-corrected chi connectivity index (χ2v) is 7.79. The van der Waals surface area contributed by atoms with Gasteiger partial charge in [-0.05, 0) is 17.7 Å². The average Bonchev–Trinajstić information content (AvgIpc) is 2.56. The lowest BCUT2D eigenvalue weighted by Crippen LogP contribution is -2.34. The lowest BCUT2D eigenvalue weighted by atomic mass is 9.87.